The second kappa shape index (κ2) is 6.85. The minimum absolute atomic E-state index is 0.277. The summed E-state index contributed by atoms with van der Waals surface area (Å²) in [6.45, 7) is 5.88. The molecule has 1 unspecified atom stereocenters. The lowest BCUT2D eigenvalue weighted by Gasteiger charge is -2.27. The highest BCUT2D eigenvalue weighted by Gasteiger charge is 2.19. The van der Waals surface area contributed by atoms with Crippen molar-refractivity contribution in [3.05, 3.63) is 55.7 Å². The molecule has 20 heavy (non-hydrogen) atoms. The summed E-state index contributed by atoms with van der Waals surface area (Å²) in [6, 6.07) is 11.0. The number of thiophene rings is 1. The maximum absolute atomic E-state index is 6.02. The third-order valence-electron chi connectivity index (χ3n) is 3.51. The van der Waals surface area contributed by atoms with Crippen molar-refractivity contribution in [3.63, 3.8) is 0 Å². The van der Waals surface area contributed by atoms with E-state index in [-0.39, 0.29) is 6.04 Å². The number of halogens is 1. The summed E-state index contributed by atoms with van der Waals surface area (Å²) in [4.78, 5) is 5.06. The molecule has 2 rings (SSSR count). The number of nitrogens with zero attached hydrogens (tertiary/aromatic N) is 1. The van der Waals surface area contributed by atoms with E-state index in [1.54, 1.807) is 0 Å². The Bertz CT molecular complexity index is 580. The van der Waals surface area contributed by atoms with E-state index in [1.807, 2.05) is 11.3 Å². The maximum atomic E-state index is 6.02. The van der Waals surface area contributed by atoms with Crippen LogP contribution in [0.3, 0.4) is 0 Å². The molecular weight excluding hydrogens is 332 g/mol. The van der Waals surface area contributed by atoms with E-state index >= 15 is 0 Å². The van der Waals surface area contributed by atoms with Crippen molar-refractivity contribution in [3.8, 4) is 0 Å². The van der Waals surface area contributed by atoms with Crippen LogP contribution in [-0.2, 0) is 6.54 Å². The highest BCUT2D eigenvalue weighted by atomic mass is 79.9. The van der Waals surface area contributed by atoms with Gasteiger partial charge < -0.3 is 5.73 Å². The first-order valence-electron chi connectivity index (χ1n) is 6.73. The topological polar surface area (TPSA) is 29.3 Å². The van der Waals surface area contributed by atoms with Crippen molar-refractivity contribution in [2.24, 2.45) is 5.73 Å². The number of aryl methyl sites for hydroxylation is 2. The van der Waals surface area contributed by atoms with Gasteiger partial charge in [-0.2, -0.15) is 0 Å². The molecule has 2 aromatic rings. The Hall–Kier alpha value is -0.680. The predicted molar refractivity (Wildman–Crippen MR) is 91.2 cm³/mol. The zero-order valence-electron chi connectivity index (χ0n) is 12.2. The SMILES string of the molecule is Cc1cc(C(CN)N(C)Cc2cccc(Br)c2)c(C)s1. The van der Waals surface area contributed by atoms with E-state index in [2.05, 4.69) is 72.1 Å². The van der Waals surface area contributed by atoms with Crippen molar-refractivity contribution < 1.29 is 0 Å². The molecule has 0 spiro atoms. The Morgan fingerprint density at radius 1 is 1.30 bits per heavy atom. The highest BCUT2D eigenvalue weighted by Crippen LogP contribution is 2.29. The molecule has 4 heteroatoms. The smallest absolute Gasteiger partial charge is 0.0481 e. The lowest BCUT2D eigenvalue weighted by atomic mass is 10.1. The standard InChI is InChI=1S/C16H21BrN2S/c1-11-7-15(12(2)20-11)16(9-18)19(3)10-13-5-4-6-14(17)8-13/h4-8,16H,9-10,18H2,1-3H3. The number of rotatable bonds is 5. The van der Waals surface area contributed by atoms with E-state index in [1.165, 1.54) is 20.9 Å². The Labute approximate surface area is 133 Å². The molecule has 1 aromatic heterocycles. The van der Waals surface area contributed by atoms with Gasteiger partial charge in [0.15, 0.2) is 0 Å². The molecule has 0 saturated heterocycles. The van der Waals surface area contributed by atoms with Gasteiger partial charge in [0.05, 0.1) is 0 Å². The lowest BCUT2D eigenvalue weighted by Crippen LogP contribution is -2.30. The van der Waals surface area contributed by atoms with Crippen LogP contribution in [0, 0.1) is 13.8 Å². The second-order valence-corrected chi connectivity index (χ2v) is 7.54. The molecular formula is C16H21BrN2S. The summed E-state index contributed by atoms with van der Waals surface area (Å²) in [5, 5.41) is 0. The van der Waals surface area contributed by atoms with Crippen LogP contribution in [0.5, 0.6) is 0 Å². The van der Waals surface area contributed by atoms with Gasteiger partial charge in [0.25, 0.3) is 0 Å². The molecule has 0 aliphatic carbocycles. The predicted octanol–water partition coefficient (Wildman–Crippen LogP) is 4.26. The number of nitrogens with two attached hydrogens (primary N) is 1. The fraction of sp³-hybridized carbons (Fsp3) is 0.375. The molecule has 2 N–H and O–H groups in total. The molecule has 2 nitrogen and oxygen atoms in total. The molecule has 108 valence electrons. The molecule has 0 amide bonds. The van der Waals surface area contributed by atoms with Crippen molar-refractivity contribution in [1.82, 2.24) is 4.90 Å². The molecule has 1 atom stereocenters. The Kier molecular flexibility index (Phi) is 5.38. The van der Waals surface area contributed by atoms with Crippen LogP contribution in [-0.4, -0.2) is 18.5 Å². The fourth-order valence-electron chi connectivity index (χ4n) is 2.56. The van der Waals surface area contributed by atoms with E-state index in [4.69, 9.17) is 5.73 Å². The van der Waals surface area contributed by atoms with Crippen LogP contribution < -0.4 is 5.73 Å². The normalized spacial score (nSPS) is 12.9. The summed E-state index contributed by atoms with van der Waals surface area (Å²) in [7, 11) is 2.14. The summed E-state index contributed by atoms with van der Waals surface area (Å²) in [5.41, 5.74) is 8.69. The largest absolute Gasteiger partial charge is 0.329 e. The number of hydrogen-bond acceptors (Lipinski definition) is 3. The molecule has 0 saturated carbocycles. The molecule has 0 fully saturated rings. The van der Waals surface area contributed by atoms with Gasteiger partial charge in [0, 0.05) is 33.4 Å². The Morgan fingerprint density at radius 3 is 2.60 bits per heavy atom. The molecule has 0 radical (unpaired) electrons. The van der Waals surface area contributed by atoms with Gasteiger partial charge in [-0.15, -0.1) is 11.3 Å². The van der Waals surface area contributed by atoms with E-state index in [0.29, 0.717) is 6.54 Å². The van der Waals surface area contributed by atoms with Crippen LogP contribution in [0.25, 0.3) is 0 Å². The first-order chi connectivity index (χ1) is 9.51. The fourth-order valence-corrected chi connectivity index (χ4v) is 3.99. The van der Waals surface area contributed by atoms with Gasteiger partial charge in [-0.05, 0) is 50.2 Å². The monoisotopic (exact) mass is 352 g/mol. The number of likely N-dealkylation sites (N-methyl/N-ethyl adjacent to an activating group) is 1. The Balaban J connectivity index is 2.17. The van der Waals surface area contributed by atoms with Crippen LogP contribution in [0.1, 0.15) is 26.9 Å². The molecule has 1 aromatic carbocycles. The Morgan fingerprint density at radius 2 is 2.05 bits per heavy atom. The number of hydrogen-bond donors (Lipinski definition) is 1. The molecule has 0 bridgehead atoms. The molecule has 0 aliphatic heterocycles. The van der Waals surface area contributed by atoms with E-state index in [9.17, 15) is 0 Å². The third kappa shape index (κ3) is 3.70. The number of benzene rings is 1. The first-order valence-corrected chi connectivity index (χ1v) is 8.34. The van der Waals surface area contributed by atoms with Gasteiger partial charge in [0.2, 0.25) is 0 Å². The zero-order valence-corrected chi connectivity index (χ0v) is 14.6. The average Bonchev–Trinajstić information content (AvgIpc) is 2.69. The lowest BCUT2D eigenvalue weighted by molar-refractivity contribution is 0.241. The average molecular weight is 353 g/mol. The van der Waals surface area contributed by atoms with Crippen molar-refractivity contribution in [1.29, 1.82) is 0 Å². The van der Waals surface area contributed by atoms with E-state index in [0.717, 1.165) is 11.0 Å². The molecule has 0 aliphatic rings. The van der Waals surface area contributed by atoms with Crippen molar-refractivity contribution in [2.75, 3.05) is 13.6 Å². The van der Waals surface area contributed by atoms with Gasteiger partial charge in [0.1, 0.15) is 0 Å². The van der Waals surface area contributed by atoms with Crippen molar-refractivity contribution in [2.45, 2.75) is 26.4 Å². The van der Waals surface area contributed by atoms with Crippen LogP contribution in [0.4, 0.5) is 0 Å². The first kappa shape index (κ1) is 15.7. The van der Waals surface area contributed by atoms with Gasteiger partial charge >= 0.3 is 0 Å². The molecule has 1 heterocycles. The maximum Gasteiger partial charge on any atom is 0.0481 e. The van der Waals surface area contributed by atoms with Gasteiger partial charge in [-0.3, -0.25) is 4.90 Å². The highest BCUT2D eigenvalue weighted by molar-refractivity contribution is 9.10. The van der Waals surface area contributed by atoms with Gasteiger partial charge in [-0.1, -0.05) is 28.1 Å². The quantitative estimate of drug-likeness (QED) is 0.870. The summed E-state index contributed by atoms with van der Waals surface area (Å²) in [5.74, 6) is 0. The minimum atomic E-state index is 0.277. The summed E-state index contributed by atoms with van der Waals surface area (Å²) >= 11 is 5.37. The summed E-state index contributed by atoms with van der Waals surface area (Å²) < 4.78 is 1.12. The van der Waals surface area contributed by atoms with Crippen molar-refractivity contribution >= 4 is 27.3 Å². The van der Waals surface area contributed by atoms with E-state index < -0.39 is 0 Å². The third-order valence-corrected chi connectivity index (χ3v) is 4.99. The minimum Gasteiger partial charge on any atom is -0.329 e. The van der Waals surface area contributed by atoms with Gasteiger partial charge in [-0.25, -0.2) is 0 Å². The second-order valence-electron chi connectivity index (χ2n) is 5.17. The van der Waals surface area contributed by atoms with Crippen LogP contribution in [0.2, 0.25) is 0 Å². The van der Waals surface area contributed by atoms with Crippen LogP contribution >= 0.6 is 27.3 Å². The summed E-state index contributed by atoms with van der Waals surface area (Å²) in [6.07, 6.45) is 0. The van der Waals surface area contributed by atoms with Crippen LogP contribution in [0.15, 0.2) is 34.8 Å². The zero-order chi connectivity index (χ0) is 14.7.